The third-order valence-electron chi connectivity index (χ3n) is 7.28. The van der Waals surface area contributed by atoms with E-state index in [4.69, 9.17) is 5.73 Å². The predicted octanol–water partition coefficient (Wildman–Crippen LogP) is 3.56. The zero-order chi connectivity index (χ0) is 26.6. The number of nitrogens with zero attached hydrogens (tertiary/aromatic N) is 5. The van der Waals surface area contributed by atoms with E-state index in [1.54, 1.807) is 4.57 Å². The molecule has 8 heteroatoms. The minimum atomic E-state index is -0.441. The molecular weight excluding hydrogens is 476 g/mol. The summed E-state index contributed by atoms with van der Waals surface area (Å²) < 4.78 is 1.80. The standard InChI is InChI=1S/C30H34N6O2/c1-21-9-10-25(15-33-21)34-13-5-6-26(19-34)35(16-23-11-12-32-22(2)14-23)17-24-18-36(20-29(31)37)28-8-4-3-7-27(28)30(24)38/h3-4,7-12,14-15,18,26H,5-6,13,16-17,19-20H2,1-2H3,(H2,31,37). The Balaban J connectivity index is 1.50. The third kappa shape index (κ3) is 5.75. The number of nitrogens with two attached hydrogens (primary N) is 1. The second-order valence-corrected chi connectivity index (χ2v) is 10.2. The number of para-hydroxylation sites is 1. The number of anilines is 1. The van der Waals surface area contributed by atoms with Crippen molar-refractivity contribution in [3.8, 4) is 0 Å². The zero-order valence-electron chi connectivity index (χ0n) is 22.0. The van der Waals surface area contributed by atoms with E-state index < -0.39 is 5.91 Å². The van der Waals surface area contributed by atoms with Crippen LogP contribution < -0.4 is 16.1 Å². The number of carbonyl (C=O) groups is 1. The molecule has 38 heavy (non-hydrogen) atoms. The Morgan fingerprint density at radius 3 is 2.68 bits per heavy atom. The minimum absolute atomic E-state index is 0.00682. The molecule has 2 N–H and O–H groups in total. The molecule has 1 aliphatic rings. The van der Waals surface area contributed by atoms with Gasteiger partial charge in [0.05, 0.1) is 17.4 Å². The maximum atomic E-state index is 13.6. The molecular formula is C30H34N6O2. The summed E-state index contributed by atoms with van der Waals surface area (Å²) in [6.45, 7) is 6.99. The molecule has 8 nitrogen and oxygen atoms in total. The second-order valence-electron chi connectivity index (χ2n) is 10.2. The SMILES string of the molecule is Cc1ccc(N2CCCC(N(Cc3ccnc(C)c3)Cc3cn(CC(N)=O)c4ccccc4c3=O)C2)cn1. The van der Waals surface area contributed by atoms with Crippen molar-refractivity contribution >= 4 is 22.5 Å². The van der Waals surface area contributed by atoms with Gasteiger partial charge in [-0.15, -0.1) is 0 Å². The van der Waals surface area contributed by atoms with Gasteiger partial charge < -0.3 is 15.2 Å². The molecule has 0 bridgehead atoms. The smallest absolute Gasteiger partial charge is 0.237 e. The Kier molecular flexibility index (Phi) is 7.51. The first-order valence-electron chi connectivity index (χ1n) is 13.1. The highest BCUT2D eigenvalue weighted by atomic mass is 16.1. The van der Waals surface area contributed by atoms with E-state index in [9.17, 15) is 9.59 Å². The summed E-state index contributed by atoms with van der Waals surface area (Å²) in [5.41, 5.74) is 11.2. The molecule has 1 amide bonds. The van der Waals surface area contributed by atoms with E-state index in [0.717, 1.165) is 48.6 Å². The molecule has 4 heterocycles. The van der Waals surface area contributed by atoms with Gasteiger partial charge in [-0.05, 0) is 68.7 Å². The molecule has 0 radical (unpaired) electrons. The molecule has 1 fully saturated rings. The average Bonchev–Trinajstić information content (AvgIpc) is 2.91. The van der Waals surface area contributed by atoms with Crippen LogP contribution in [0, 0.1) is 13.8 Å². The van der Waals surface area contributed by atoms with Gasteiger partial charge in [-0.25, -0.2) is 0 Å². The number of piperidine rings is 1. The number of aryl methyl sites for hydroxylation is 2. The highest BCUT2D eigenvalue weighted by Crippen LogP contribution is 2.25. The molecule has 3 aromatic heterocycles. The number of primary amides is 1. The number of rotatable bonds is 8. The van der Waals surface area contributed by atoms with Crippen LogP contribution in [-0.2, 0) is 24.4 Å². The summed E-state index contributed by atoms with van der Waals surface area (Å²) in [6, 6.07) is 16.0. The monoisotopic (exact) mass is 510 g/mol. The van der Waals surface area contributed by atoms with Gasteiger partial charge in [0.2, 0.25) is 5.91 Å². The summed E-state index contributed by atoms with van der Waals surface area (Å²) in [5, 5.41) is 0.599. The Morgan fingerprint density at radius 2 is 1.92 bits per heavy atom. The first kappa shape index (κ1) is 25.6. The maximum absolute atomic E-state index is 13.6. The minimum Gasteiger partial charge on any atom is -0.369 e. The molecule has 5 rings (SSSR count). The Morgan fingerprint density at radius 1 is 1.08 bits per heavy atom. The van der Waals surface area contributed by atoms with E-state index >= 15 is 0 Å². The van der Waals surface area contributed by atoms with Crippen molar-refractivity contribution in [3.05, 3.63) is 99.9 Å². The van der Waals surface area contributed by atoms with Crippen LogP contribution in [0.2, 0.25) is 0 Å². The van der Waals surface area contributed by atoms with E-state index in [1.807, 2.05) is 68.8 Å². The van der Waals surface area contributed by atoms with Crippen molar-refractivity contribution in [2.45, 2.75) is 52.4 Å². The van der Waals surface area contributed by atoms with Gasteiger partial charge in [-0.2, -0.15) is 0 Å². The average molecular weight is 511 g/mol. The molecule has 1 unspecified atom stereocenters. The number of fused-ring (bicyclic) bond motifs is 1. The number of benzene rings is 1. The topological polar surface area (TPSA) is 97.4 Å². The zero-order valence-corrected chi connectivity index (χ0v) is 22.0. The molecule has 1 aromatic carbocycles. The number of hydrogen-bond donors (Lipinski definition) is 1. The number of hydrogen-bond acceptors (Lipinski definition) is 6. The second kappa shape index (κ2) is 11.1. The van der Waals surface area contributed by atoms with Gasteiger partial charge in [0.15, 0.2) is 5.43 Å². The van der Waals surface area contributed by atoms with Crippen LogP contribution in [0.25, 0.3) is 10.9 Å². The molecule has 0 spiro atoms. The van der Waals surface area contributed by atoms with E-state index in [0.29, 0.717) is 29.6 Å². The van der Waals surface area contributed by atoms with E-state index in [1.165, 1.54) is 0 Å². The normalized spacial score (nSPS) is 15.8. The fourth-order valence-corrected chi connectivity index (χ4v) is 5.42. The van der Waals surface area contributed by atoms with Crippen LogP contribution >= 0.6 is 0 Å². The Hall–Kier alpha value is -4.04. The first-order chi connectivity index (χ1) is 18.4. The van der Waals surface area contributed by atoms with Crippen LogP contribution in [0.15, 0.2) is 71.9 Å². The number of pyridine rings is 3. The molecule has 1 saturated heterocycles. The van der Waals surface area contributed by atoms with Crippen LogP contribution in [-0.4, -0.2) is 44.5 Å². The number of carbonyl (C=O) groups excluding carboxylic acids is 1. The van der Waals surface area contributed by atoms with Crippen molar-refractivity contribution in [1.82, 2.24) is 19.4 Å². The van der Waals surface area contributed by atoms with Crippen molar-refractivity contribution in [1.29, 1.82) is 0 Å². The summed E-state index contributed by atoms with van der Waals surface area (Å²) >= 11 is 0. The highest BCUT2D eigenvalue weighted by molar-refractivity contribution is 5.82. The lowest BCUT2D eigenvalue weighted by molar-refractivity contribution is -0.118. The van der Waals surface area contributed by atoms with Crippen LogP contribution in [0.5, 0.6) is 0 Å². The van der Waals surface area contributed by atoms with Crippen LogP contribution in [0.3, 0.4) is 0 Å². The molecule has 1 aliphatic heterocycles. The Labute approximate surface area is 222 Å². The molecule has 1 atom stereocenters. The Bertz CT molecular complexity index is 1500. The van der Waals surface area contributed by atoms with Crippen molar-refractivity contribution in [2.24, 2.45) is 5.73 Å². The van der Waals surface area contributed by atoms with Crippen molar-refractivity contribution in [2.75, 3.05) is 18.0 Å². The van der Waals surface area contributed by atoms with E-state index in [2.05, 4.69) is 31.9 Å². The van der Waals surface area contributed by atoms with E-state index in [-0.39, 0.29) is 18.0 Å². The lowest BCUT2D eigenvalue weighted by atomic mass is 10.0. The molecule has 196 valence electrons. The maximum Gasteiger partial charge on any atom is 0.237 e. The van der Waals surface area contributed by atoms with Crippen molar-refractivity contribution < 1.29 is 4.79 Å². The third-order valence-corrected chi connectivity index (χ3v) is 7.28. The number of amides is 1. The van der Waals surface area contributed by atoms with Crippen molar-refractivity contribution in [3.63, 3.8) is 0 Å². The lowest BCUT2D eigenvalue weighted by Gasteiger charge is -2.40. The molecule has 4 aromatic rings. The van der Waals surface area contributed by atoms with Gasteiger partial charge in [-0.1, -0.05) is 12.1 Å². The molecule has 0 aliphatic carbocycles. The van der Waals surface area contributed by atoms with Crippen LogP contribution in [0.1, 0.15) is 35.4 Å². The fraction of sp³-hybridized carbons (Fsp3) is 0.333. The summed E-state index contributed by atoms with van der Waals surface area (Å²) in [7, 11) is 0. The fourth-order valence-electron chi connectivity index (χ4n) is 5.42. The summed E-state index contributed by atoms with van der Waals surface area (Å²) in [4.78, 5) is 39.1. The van der Waals surface area contributed by atoms with Gasteiger partial charge in [0.25, 0.3) is 0 Å². The van der Waals surface area contributed by atoms with Gasteiger partial charge in [-0.3, -0.25) is 24.5 Å². The summed E-state index contributed by atoms with van der Waals surface area (Å²) in [6.07, 6.45) is 7.67. The van der Waals surface area contributed by atoms with Gasteiger partial charge >= 0.3 is 0 Å². The number of aromatic nitrogens is 3. The van der Waals surface area contributed by atoms with Crippen LogP contribution in [0.4, 0.5) is 5.69 Å². The van der Waals surface area contributed by atoms with Gasteiger partial charge in [0.1, 0.15) is 6.54 Å². The predicted molar refractivity (Wildman–Crippen MR) is 150 cm³/mol. The lowest BCUT2D eigenvalue weighted by Crippen LogP contribution is -2.48. The summed E-state index contributed by atoms with van der Waals surface area (Å²) in [5.74, 6) is -0.441. The largest absolute Gasteiger partial charge is 0.369 e. The molecule has 0 saturated carbocycles. The quantitative estimate of drug-likeness (QED) is 0.389. The first-order valence-corrected chi connectivity index (χ1v) is 13.1. The van der Waals surface area contributed by atoms with Gasteiger partial charge in [0, 0.05) is 67.0 Å². The highest BCUT2D eigenvalue weighted by Gasteiger charge is 2.27.